The number of rotatable bonds is 3. The molecule has 4 rings (SSSR count). The predicted octanol–water partition coefficient (Wildman–Crippen LogP) is 5.48. The lowest BCUT2D eigenvalue weighted by Crippen LogP contribution is -2.42. The summed E-state index contributed by atoms with van der Waals surface area (Å²) in [4.78, 5) is 15.3. The third-order valence-corrected chi connectivity index (χ3v) is 5.42. The molecule has 3 aromatic carbocycles. The van der Waals surface area contributed by atoms with E-state index in [0.717, 1.165) is 17.5 Å². The minimum atomic E-state index is 0.0539. The van der Waals surface area contributed by atoms with E-state index in [1.165, 1.54) is 11.1 Å². The van der Waals surface area contributed by atoms with Crippen LogP contribution in [0.3, 0.4) is 0 Å². The van der Waals surface area contributed by atoms with Crippen molar-refractivity contribution in [1.82, 2.24) is 4.90 Å². The van der Waals surface area contributed by atoms with E-state index in [4.69, 9.17) is 4.74 Å². The van der Waals surface area contributed by atoms with E-state index >= 15 is 0 Å². The van der Waals surface area contributed by atoms with E-state index in [-0.39, 0.29) is 11.9 Å². The maximum absolute atomic E-state index is 13.4. The van der Waals surface area contributed by atoms with Crippen LogP contribution in [0.25, 0.3) is 0 Å². The Morgan fingerprint density at radius 1 is 1.00 bits per heavy atom. The molecule has 0 aliphatic carbocycles. The summed E-state index contributed by atoms with van der Waals surface area (Å²) >= 11 is 0. The van der Waals surface area contributed by atoms with Crippen molar-refractivity contribution in [1.29, 1.82) is 0 Å². The Morgan fingerprint density at radius 3 is 2.54 bits per heavy atom. The number of hydrogen-bond donors (Lipinski definition) is 0. The average Bonchev–Trinajstić information content (AvgIpc) is 2.68. The summed E-state index contributed by atoms with van der Waals surface area (Å²) in [6.07, 6.45) is 0.884. The zero-order chi connectivity index (χ0) is 19.7. The van der Waals surface area contributed by atoms with Gasteiger partial charge in [0.15, 0.2) is 0 Å². The quantitative estimate of drug-likeness (QED) is 0.611. The largest absolute Gasteiger partial charge is 0.456 e. The highest BCUT2D eigenvalue weighted by molar-refractivity contribution is 5.96. The first-order chi connectivity index (χ1) is 13.5. The second-order valence-corrected chi connectivity index (χ2v) is 7.48. The zero-order valence-electron chi connectivity index (χ0n) is 16.5. The van der Waals surface area contributed by atoms with Gasteiger partial charge in [0, 0.05) is 29.8 Å². The first kappa shape index (κ1) is 18.3. The monoisotopic (exact) mass is 370 g/mol. The number of fused-ring (bicyclic) bond motifs is 1. The SMILES string of the molecule is Cc1[c]c(Oc2cccc(C(=O)N3Cc4ccccc4CC3C)c2C)ccc1. The maximum atomic E-state index is 13.4. The number of carbonyl (C=O) groups excluding carboxylic acids is 1. The Morgan fingerprint density at radius 2 is 1.75 bits per heavy atom. The summed E-state index contributed by atoms with van der Waals surface area (Å²) < 4.78 is 6.02. The minimum Gasteiger partial charge on any atom is -0.456 e. The number of ether oxygens (including phenoxy) is 1. The minimum absolute atomic E-state index is 0.0539. The molecule has 28 heavy (non-hydrogen) atoms. The number of amides is 1. The molecular formula is C25H24NO2. The van der Waals surface area contributed by atoms with Crippen LogP contribution in [-0.2, 0) is 13.0 Å². The number of hydrogen-bond acceptors (Lipinski definition) is 2. The van der Waals surface area contributed by atoms with E-state index in [1.807, 2.05) is 61.2 Å². The summed E-state index contributed by atoms with van der Waals surface area (Å²) in [6.45, 7) is 6.69. The fourth-order valence-corrected chi connectivity index (χ4v) is 3.80. The van der Waals surface area contributed by atoms with Crippen molar-refractivity contribution in [2.45, 2.75) is 39.8 Å². The molecule has 1 heterocycles. The summed E-state index contributed by atoms with van der Waals surface area (Å²) in [5.74, 6) is 1.41. The molecule has 3 aromatic rings. The van der Waals surface area contributed by atoms with Gasteiger partial charge in [0.05, 0.1) is 0 Å². The fraction of sp³-hybridized carbons (Fsp3) is 0.240. The average molecular weight is 370 g/mol. The van der Waals surface area contributed by atoms with Crippen molar-refractivity contribution < 1.29 is 9.53 Å². The Kier molecular flexibility index (Phi) is 4.91. The van der Waals surface area contributed by atoms with Crippen LogP contribution in [0.5, 0.6) is 11.5 Å². The highest BCUT2D eigenvalue weighted by atomic mass is 16.5. The van der Waals surface area contributed by atoms with Gasteiger partial charge in [0.25, 0.3) is 5.91 Å². The van der Waals surface area contributed by atoms with E-state index in [2.05, 4.69) is 31.2 Å². The van der Waals surface area contributed by atoms with Crippen LogP contribution in [0.15, 0.2) is 60.7 Å². The summed E-state index contributed by atoms with van der Waals surface area (Å²) in [6, 6.07) is 23.2. The number of aryl methyl sites for hydroxylation is 1. The first-order valence-corrected chi connectivity index (χ1v) is 9.67. The predicted molar refractivity (Wildman–Crippen MR) is 111 cm³/mol. The van der Waals surface area contributed by atoms with E-state index in [1.54, 1.807) is 0 Å². The summed E-state index contributed by atoms with van der Waals surface area (Å²) in [5, 5.41) is 0. The van der Waals surface area contributed by atoms with Crippen LogP contribution in [-0.4, -0.2) is 16.8 Å². The lowest BCUT2D eigenvalue weighted by atomic mass is 9.93. The molecule has 3 nitrogen and oxygen atoms in total. The van der Waals surface area contributed by atoms with Gasteiger partial charge < -0.3 is 9.64 Å². The van der Waals surface area contributed by atoms with Gasteiger partial charge in [-0.1, -0.05) is 42.5 Å². The molecule has 1 aliphatic heterocycles. The van der Waals surface area contributed by atoms with Gasteiger partial charge in [-0.05, 0) is 62.1 Å². The van der Waals surface area contributed by atoms with Crippen molar-refractivity contribution in [3.63, 3.8) is 0 Å². The van der Waals surface area contributed by atoms with E-state index < -0.39 is 0 Å². The van der Waals surface area contributed by atoms with Crippen LogP contribution in [0.1, 0.15) is 39.5 Å². The van der Waals surface area contributed by atoms with Gasteiger partial charge in [-0.25, -0.2) is 0 Å². The molecule has 1 amide bonds. The fourth-order valence-electron chi connectivity index (χ4n) is 3.80. The van der Waals surface area contributed by atoms with Gasteiger partial charge in [0.1, 0.15) is 11.5 Å². The Balaban J connectivity index is 1.62. The molecule has 0 fully saturated rings. The molecule has 0 saturated heterocycles. The smallest absolute Gasteiger partial charge is 0.254 e. The number of carbonyl (C=O) groups is 1. The third-order valence-electron chi connectivity index (χ3n) is 5.42. The molecule has 141 valence electrons. The van der Waals surface area contributed by atoms with Crippen molar-refractivity contribution in [3.05, 3.63) is 94.5 Å². The third kappa shape index (κ3) is 3.53. The molecule has 0 N–H and O–H groups in total. The first-order valence-electron chi connectivity index (χ1n) is 9.67. The molecule has 0 bridgehead atoms. The Labute approximate surface area is 166 Å². The van der Waals surface area contributed by atoms with E-state index in [0.29, 0.717) is 23.6 Å². The van der Waals surface area contributed by atoms with Crippen LogP contribution >= 0.6 is 0 Å². The second kappa shape index (κ2) is 7.51. The number of nitrogens with zero attached hydrogens (tertiary/aromatic N) is 1. The van der Waals surface area contributed by atoms with E-state index in [9.17, 15) is 4.79 Å². The maximum Gasteiger partial charge on any atom is 0.254 e. The molecule has 0 saturated carbocycles. The summed E-state index contributed by atoms with van der Waals surface area (Å²) in [5.41, 5.74) is 5.13. The summed E-state index contributed by atoms with van der Waals surface area (Å²) in [7, 11) is 0. The van der Waals surface area contributed by atoms with Crippen LogP contribution in [0.2, 0.25) is 0 Å². The molecule has 1 radical (unpaired) electrons. The molecule has 1 unspecified atom stereocenters. The van der Waals surface area contributed by atoms with Crippen molar-refractivity contribution in [2.75, 3.05) is 0 Å². The molecule has 0 aromatic heterocycles. The molecule has 3 heteroatoms. The Bertz CT molecular complexity index is 1020. The van der Waals surface area contributed by atoms with Crippen molar-refractivity contribution in [3.8, 4) is 11.5 Å². The second-order valence-electron chi connectivity index (χ2n) is 7.48. The van der Waals surface area contributed by atoms with Gasteiger partial charge in [-0.3, -0.25) is 4.79 Å². The molecule has 1 atom stereocenters. The van der Waals surface area contributed by atoms with Crippen LogP contribution < -0.4 is 4.74 Å². The topological polar surface area (TPSA) is 29.5 Å². The lowest BCUT2D eigenvalue weighted by molar-refractivity contribution is 0.0657. The number of benzene rings is 3. The lowest BCUT2D eigenvalue weighted by Gasteiger charge is -2.35. The molecule has 0 spiro atoms. The van der Waals surface area contributed by atoms with Gasteiger partial charge >= 0.3 is 0 Å². The van der Waals surface area contributed by atoms with Gasteiger partial charge in [0.2, 0.25) is 0 Å². The van der Waals surface area contributed by atoms with Gasteiger partial charge in [-0.15, -0.1) is 0 Å². The highest BCUT2D eigenvalue weighted by Gasteiger charge is 2.28. The van der Waals surface area contributed by atoms with Crippen LogP contribution in [0.4, 0.5) is 0 Å². The van der Waals surface area contributed by atoms with Crippen LogP contribution in [0, 0.1) is 19.9 Å². The zero-order valence-corrected chi connectivity index (χ0v) is 16.5. The highest BCUT2D eigenvalue weighted by Crippen LogP contribution is 2.30. The molecule has 1 aliphatic rings. The molecular weight excluding hydrogens is 346 g/mol. The Hall–Kier alpha value is -3.07. The van der Waals surface area contributed by atoms with Crippen molar-refractivity contribution in [2.24, 2.45) is 0 Å². The standard InChI is InChI=1S/C25H24NO2/c1-17-8-6-11-22(14-17)28-24-13-7-12-23(19(24)3)25(27)26-16-21-10-5-4-9-20(21)15-18(26)2/h4-13,18H,15-16H2,1-3H3. The normalized spacial score (nSPS) is 15.8. The van der Waals surface area contributed by atoms with Crippen molar-refractivity contribution >= 4 is 5.91 Å². The van der Waals surface area contributed by atoms with Gasteiger partial charge in [-0.2, -0.15) is 0 Å².